The Morgan fingerprint density at radius 3 is 2.48 bits per heavy atom. The van der Waals surface area contributed by atoms with Crippen LogP contribution in [0.25, 0.3) is 0 Å². The van der Waals surface area contributed by atoms with Gasteiger partial charge in [-0.15, -0.1) is 0 Å². The van der Waals surface area contributed by atoms with Crippen molar-refractivity contribution >= 4 is 17.5 Å². The molecule has 5 nitrogen and oxygen atoms in total. The molecule has 1 amide bonds. The van der Waals surface area contributed by atoms with Crippen molar-refractivity contribution in [1.82, 2.24) is 15.5 Å². The number of β-amino-alcohol motifs (C(OH)–C–C–N with tert-alkyl or cyclic N) is 1. The Hall–Kier alpha value is -1.14. The zero-order chi connectivity index (χ0) is 22.6. The van der Waals surface area contributed by atoms with E-state index in [-0.39, 0.29) is 23.5 Å². The summed E-state index contributed by atoms with van der Waals surface area (Å²) >= 11 is 5.98. The summed E-state index contributed by atoms with van der Waals surface area (Å²) in [4.78, 5) is 15.3. The molecule has 0 spiro atoms. The number of piperidine rings is 1. The Bertz CT molecular complexity index is 718. The van der Waals surface area contributed by atoms with Gasteiger partial charge in [0.05, 0.1) is 12.1 Å². The molecule has 5 atom stereocenters. The van der Waals surface area contributed by atoms with E-state index in [1.54, 1.807) is 0 Å². The quantitative estimate of drug-likeness (QED) is 0.585. The Labute approximate surface area is 192 Å². The normalized spacial score (nSPS) is 26.7. The smallest absolute Gasteiger partial charge is 0.237 e. The van der Waals surface area contributed by atoms with Crippen LogP contribution in [0.15, 0.2) is 24.3 Å². The molecule has 0 unspecified atom stereocenters. The van der Waals surface area contributed by atoms with Crippen LogP contribution >= 0.6 is 11.6 Å². The van der Waals surface area contributed by atoms with E-state index in [4.69, 9.17) is 11.6 Å². The molecule has 3 N–H and O–H groups in total. The topological polar surface area (TPSA) is 64.6 Å². The first-order valence-electron chi connectivity index (χ1n) is 11.9. The van der Waals surface area contributed by atoms with E-state index < -0.39 is 6.10 Å². The second-order valence-electron chi connectivity index (χ2n) is 10.6. The number of fused-ring (bicyclic) bond motifs is 1. The number of carbonyl (C=O) groups is 1. The highest BCUT2D eigenvalue weighted by Gasteiger charge is 2.40. The zero-order valence-corrected chi connectivity index (χ0v) is 20.3. The fourth-order valence-electron chi connectivity index (χ4n) is 5.14. The predicted molar refractivity (Wildman–Crippen MR) is 127 cm³/mol. The van der Waals surface area contributed by atoms with Crippen molar-refractivity contribution in [2.75, 3.05) is 19.6 Å². The molecular weight excluding hydrogens is 410 g/mol. The summed E-state index contributed by atoms with van der Waals surface area (Å²) < 4.78 is 0. The lowest BCUT2D eigenvalue weighted by Gasteiger charge is -2.46. The van der Waals surface area contributed by atoms with Gasteiger partial charge in [0.2, 0.25) is 5.91 Å². The maximum Gasteiger partial charge on any atom is 0.237 e. The van der Waals surface area contributed by atoms with Gasteiger partial charge in [0.15, 0.2) is 0 Å². The van der Waals surface area contributed by atoms with Crippen molar-refractivity contribution in [2.45, 2.75) is 83.5 Å². The Morgan fingerprint density at radius 2 is 1.84 bits per heavy atom. The molecule has 2 fully saturated rings. The lowest BCUT2D eigenvalue weighted by atomic mass is 9.72. The molecule has 3 rings (SSSR count). The van der Waals surface area contributed by atoms with E-state index in [0.717, 1.165) is 23.6 Å². The second-order valence-corrected chi connectivity index (χ2v) is 11.0. The van der Waals surface area contributed by atoms with Crippen LogP contribution in [0.1, 0.15) is 71.4 Å². The van der Waals surface area contributed by atoms with Crippen LogP contribution < -0.4 is 10.6 Å². The molecule has 1 saturated carbocycles. The molecule has 1 aliphatic carbocycles. The number of likely N-dealkylation sites (tertiary alicyclic amines) is 1. The van der Waals surface area contributed by atoms with Crippen molar-refractivity contribution < 1.29 is 9.90 Å². The first-order chi connectivity index (χ1) is 14.6. The lowest BCUT2D eigenvalue weighted by molar-refractivity contribution is -0.132. The molecule has 6 heteroatoms. The van der Waals surface area contributed by atoms with Gasteiger partial charge in [-0.3, -0.25) is 9.69 Å². The summed E-state index contributed by atoms with van der Waals surface area (Å²) in [6.07, 6.45) is 5.44. The SMILES string of the molecule is C[C@H](NC[C@@H](O)CN1C[C@H]2CCCC[C@H]2C[C@H]1C(=O)NC(C)(C)C)c1ccc(Cl)cc1. The minimum absolute atomic E-state index is 0.103. The van der Waals surface area contributed by atoms with Crippen LogP contribution in [0.2, 0.25) is 5.02 Å². The average molecular weight is 450 g/mol. The van der Waals surface area contributed by atoms with Crippen molar-refractivity contribution in [3.05, 3.63) is 34.9 Å². The first kappa shape index (κ1) is 24.5. The summed E-state index contributed by atoms with van der Waals surface area (Å²) in [7, 11) is 0. The maximum absolute atomic E-state index is 13.1. The summed E-state index contributed by atoms with van der Waals surface area (Å²) in [6.45, 7) is 10.1. The van der Waals surface area contributed by atoms with E-state index in [0.29, 0.717) is 24.9 Å². The molecule has 0 aromatic heterocycles. The summed E-state index contributed by atoms with van der Waals surface area (Å²) in [5.41, 5.74) is 0.891. The molecule has 1 heterocycles. The highest BCUT2D eigenvalue weighted by molar-refractivity contribution is 6.30. The highest BCUT2D eigenvalue weighted by atomic mass is 35.5. The number of nitrogens with zero attached hydrogens (tertiary/aromatic N) is 1. The second kappa shape index (κ2) is 10.7. The third-order valence-electron chi connectivity index (χ3n) is 6.78. The van der Waals surface area contributed by atoms with E-state index in [1.807, 2.05) is 45.0 Å². The molecule has 0 bridgehead atoms. The van der Waals surface area contributed by atoms with Gasteiger partial charge < -0.3 is 15.7 Å². The number of hydrogen-bond donors (Lipinski definition) is 3. The Balaban J connectivity index is 1.59. The number of aliphatic hydroxyl groups is 1. The lowest BCUT2D eigenvalue weighted by Crippen LogP contribution is -2.59. The van der Waals surface area contributed by atoms with Gasteiger partial charge in [-0.25, -0.2) is 0 Å². The Kier molecular flexibility index (Phi) is 8.42. The van der Waals surface area contributed by atoms with E-state index in [1.165, 1.54) is 25.7 Å². The van der Waals surface area contributed by atoms with Crippen LogP contribution in [0.4, 0.5) is 0 Å². The van der Waals surface area contributed by atoms with Crippen molar-refractivity contribution in [3.8, 4) is 0 Å². The zero-order valence-electron chi connectivity index (χ0n) is 19.5. The van der Waals surface area contributed by atoms with Crippen molar-refractivity contribution in [1.29, 1.82) is 0 Å². The first-order valence-corrected chi connectivity index (χ1v) is 12.2. The summed E-state index contributed by atoms with van der Waals surface area (Å²) in [5, 5.41) is 18.1. The number of nitrogens with one attached hydrogen (secondary N) is 2. The summed E-state index contributed by atoms with van der Waals surface area (Å²) in [6, 6.07) is 7.76. The molecule has 1 aliphatic heterocycles. The molecule has 1 aromatic carbocycles. The number of benzene rings is 1. The van der Waals surface area contributed by atoms with Gasteiger partial charge in [-0.2, -0.15) is 0 Å². The van der Waals surface area contributed by atoms with Gasteiger partial charge >= 0.3 is 0 Å². The van der Waals surface area contributed by atoms with Gasteiger partial charge in [-0.05, 0) is 70.1 Å². The molecule has 31 heavy (non-hydrogen) atoms. The fraction of sp³-hybridized carbons (Fsp3) is 0.720. The van der Waals surface area contributed by atoms with Crippen molar-refractivity contribution in [2.24, 2.45) is 11.8 Å². The number of amides is 1. The number of carbonyl (C=O) groups excluding carboxylic acids is 1. The molecular formula is C25H40ClN3O2. The molecule has 1 saturated heterocycles. The number of aliphatic hydroxyl groups excluding tert-OH is 1. The largest absolute Gasteiger partial charge is 0.390 e. The Morgan fingerprint density at radius 1 is 1.19 bits per heavy atom. The van der Waals surface area contributed by atoms with Crippen LogP contribution in [-0.2, 0) is 4.79 Å². The van der Waals surface area contributed by atoms with E-state index >= 15 is 0 Å². The predicted octanol–water partition coefficient (Wildman–Crippen LogP) is 4.15. The van der Waals surface area contributed by atoms with E-state index in [2.05, 4.69) is 22.5 Å². The monoisotopic (exact) mass is 449 g/mol. The average Bonchev–Trinajstić information content (AvgIpc) is 2.70. The standard InChI is InChI=1S/C25H40ClN3O2/c1-17(18-9-11-21(26)12-10-18)27-14-22(30)16-29-15-20-8-6-5-7-19(20)13-23(29)24(31)28-25(2,3)4/h9-12,17,19-20,22-23,27,30H,5-8,13-16H2,1-4H3,(H,28,31)/t17-,19-,20+,22+,23-/m0/s1. The molecule has 0 radical (unpaired) electrons. The maximum atomic E-state index is 13.1. The van der Waals surface area contributed by atoms with Crippen LogP contribution in [0.5, 0.6) is 0 Å². The molecule has 174 valence electrons. The highest BCUT2D eigenvalue weighted by Crippen LogP contribution is 2.38. The van der Waals surface area contributed by atoms with Gasteiger partial charge in [0.25, 0.3) is 0 Å². The fourth-order valence-corrected chi connectivity index (χ4v) is 5.27. The minimum Gasteiger partial charge on any atom is -0.390 e. The van der Waals surface area contributed by atoms with Crippen LogP contribution in [-0.4, -0.2) is 53.2 Å². The van der Waals surface area contributed by atoms with Gasteiger partial charge in [0, 0.05) is 36.2 Å². The number of halogens is 1. The third kappa shape index (κ3) is 7.18. The minimum atomic E-state index is -0.528. The van der Waals surface area contributed by atoms with Gasteiger partial charge in [-0.1, -0.05) is 43.0 Å². The molecule has 2 aliphatic rings. The number of rotatable bonds is 7. The summed E-state index contributed by atoms with van der Waals surface area (Å²) in [5.74, 6) is 1.40. The van der Waals surface area contributed by atoms with Crippen molar-refractivity contribution in [3.63, 3.8) is 0 Å². The molecule has 1 aromatic rings. The van der Waals surface area contributed by atoms with Crippen LogP contribution in [0, 0.1) is 11.8 Å². The van der Waals surface area contributed by atoms with Crippen LogP contribution in [0.3, 0.4) is 0 Å². The van der Waals surface area contributed by atoms with Gasteiger partial charge in [0.1, 0.15) is 0 Å². The third-order valence-corrected chi connectivity index (χ3v) is 7.03. The number of hydrogen-bond acceptors (Lipinski definition) is 4. The van der Waals surface area contributed by atoms with E-state index in [9.17, 15) is 9.90 Å².